The lowest BCUT2D eigenvalue weighted by atomic mass is 10.2. The molecule has 0 radical (unpaired) electrons. The van der Waals surface area contributed by atoms with Crippen molar-refractivity contribution in [3.05, 3.63) is 88.6 Å². The predicted octanol–water partition coefficient (Wildman–Crippen LogP) is 3.84. The van der Waals surface area contributed by atoms with E-state index in [1.54, 1.807) is 17.7 Å². The van der Waals surface area contributed by atoms with Crippen molar-refractivity contribution < 1.29 is 0 Å². The third kappa shape index (κ3) is 2.27. The van der Waals surface area contributed by atoms with Crippen molar-refractivity contribution in [2.75, 3.05) is 0 Å². The Kier molecular flexibility index (Phi) is 3.43. The van der Waals surface area contributed by atoms with Gasteiger partial charge < -0.3 is 9.55 Å². The largest absolute Gasteiger partial charge is 0.343 e. The summed E-state index contributed by atoms with van der Waals surface area (Å²) in [5.41, 5.74) is 4.25. The number of aromatic nitrogens is 4. The summed E-state index contributed by atoms with van der Waals surface area (Å²) in [6, 6.07) is 20.1. The molecule has 0 saturated carbocycles. The number of hydrogen-bond donors (Lipinski definition) is 1. The number of nitrogens with one attached hydrogen (secondary N) is 1. The van der Waals surface area contributed by atoms with Crippen LogP contribution >= 0.6 is 0 Å². The molecule has 2 aromatic carbocycles. The van der Waals surface area contributed by atoms with Crippen LogP contribution in [0.15, 0.2) is 71.8 Å². The van der Waals surface area contributed by atoms with Crippen molar-refractivity contribution in [2.24, 2.45) is 0 Å². The number of H-pyrrole nitrogens is 1. The molecule has 0 spiro atoms. The zero-order chi connectivity index (χ0) is 19.3. The molecule has 3 heterocycles. The van der Waals surface area contributed by atoms with E-state index >= 15 is 0 Å². The summed E-state index contributed by atoms with van der Waals surface area (Å²) in [5.74, 6) is 0. The number of hydrogen-bond acceptors (Lipinski definition) is 3. The highest BCUT2D eigenvalue weighted by molar-refractivity contribution is 5.86. The van der Waals surface area contributed by atoms with Crippen LogP contribution in [0.4, 0.5) is 0 Å². The zero-order valence-electron chi connectivity index (χ0n) is 15.0. The molecule has 6 heteroatoms. The first-order valence-corrected chi connectivity index (χ1v) is 8.85. The second kappa shape index (κ2) is 5.96. The van der Waals surface area contributed by atoms with Crippen LogP contribution in [0.3, 0.4) is 0 Å². The highest BCUT2D eigenvalue weighted by atomic mass is 16.1. The molecule has 5 aromatic rings. The number of nitriles is 1. The Morgan fingerprint density at radius 1 is 1.07 bits per heavy atom. The first-order chi connectivity index (χ1) is 13.7. The van der Waals surface area contributed by atoms with Gasteiger partial charge in [0.1, 0.15) is 17.3 Å². The Morgan fingerprint density at radius 2 is 1.89 bits per heavy atom. The smallest absolute Gasteiger partial charge is 0.277 e. The Balaban J connectivity index is 1.84. The fourth-order valence-corrected chi connectivity index (χ4v) is 3.60. The van der Waals surface area contributed by atoms with Gasteiger partial charge >= 0.3 is 0 Å². The first-order valence-electron chi connectivity index (χ1n) is 8.85. The van der Waals surface area contributed by atoms with E-state index in [4.69, 9.17) is 0 Å². The van der Waals surface area contributed by atoms with Crippen molar-refractivity contribution >= 4 is 22.1 Å². The van der Waals surface area contributed by atoms with Gasteiger partial charge in [-0.05, 0) is 37.3 Å². The van der Waals surface area contributed by atoms with Gasteiger partial charge in [0.2, 0.25) is 0 Å². The number of rotatable bonds is 2. The van der Waals surface area contributed by atoms with Crippen molar-refractivity contribution in [3.8, 4) is 17.4 Å². The Morgan fingerprint density at radius 3 is 2.68 bits per heavy atom. The number of aromatic amines is 1. The van der Waals surface area contributed by atoms with Crippen LogP contribution in [0.5, 0.6) is 0 Å². The quantitative estimate of drug-likeness (QED) is 0.516. The lowest BCUT2D eigenvalue weighted by Gasteiger charge is -2.11. The number of benzene rings is 2. The van der Waals surface area contributed by atoms with Gasteiger partial charge in [-0.1, -0.05) is 24.3 Å². The molecule has 0 bridgehead atoms. The summed E-state index contributed by atoms with van der Waals surface area (Å²) >= 11 is 0. The van der Waals surface area contributed by atoms with Crippen LogP contribution in [-0.4, -0.2) is 19.1 Å². The van der Waals surface area contributed by atoms with Crippen LogP contribution in [0.25, 0.3) is 33.4 Å². The topological polar surface area (TPSA) is 79.4 Å². The zero-order valence-corrected chi connectivity index (χ0v) is 15.0. The molecule has 3 aromatic heterocycles. The van der Waals surface area contributed by atoms with E-state index in [0.29, 0.717) is 28.1 Å². The molecule has 1 N–H and O–H groups in total. The summed E-state index contributed by atoms with van der Waals surface area (Å²) in [6.45, 7) is 1.68. The van der Waals surface area contributed by atoms with E-state index in [9.17, 15) is 10.1 Å². The third-order valence-corrected chi connectivity index (χ3v) is 4.94. The molecule has 0 amide bonds. The lowest BCUT2D eigenvalue weighted by molar-refractivity contribution is 0.977. The molecule has 28 heavy (non-hydrogen) atoms. The molecule has 0 aliphatic carbocycles. The van der Waals surface area contributed by atoms with Gasteiger partial charge in [-0.25, -0.2) is 4.98 Å². The minimum atomic E-state index is -0.235. The fraction of sp³-hybridized carbons (Fsp3) is 0.0455. The summed E-state index contributed by atoms with van der Waals surface area (Å²) < 4.78 is 3.64. The standard InChI is InChI=1S/C22H15N5O/c1-14-22(28)27(20-16(12-23)13-24-21(20)25-14)18-8-7-15-9-10-26(19(15)11-18)17-5-3-2-4-6-17/h2-11,13,24H,1H3. The van der Waals surface area contributed by atoms with Gasteiger partial charge in [0.05, 0.1) is 16.8 Å². The van der Waals surface area contributed by atoms with Gasteiger partial charge in [-0.15, -0.1) is 0 Å². The monoisotopic (exact) mass is 365 g/mol. The molecule has 5 rings (SSSR count). The summed E-state index contributed by atoms with van der Waals surface area (Å²) in [6.07, 6.45) is 3.59. The van der Waals surface area contributed by atoms with Crippen LogP contribution < -0.4 is 5.56 Å². The third-order valence-electron chi connectivity index (χ3n) is 4.94. The molecular formula is C22H15N5O. The second-order valence-corrected chi connectivity index (χ2v) is 6.61. The molecular weight excluding hydrogens is 350 g/mol. The molecule has 0 aliphatic rings. The summed E-state index contributed by atoms with van der Waals surface area (Å²) in [7, 11) is 0. The van der Waals surface area contributed by atoms with Gasteiger partial charge in [0, 0.05) is 23.5 Å². The number of fused-ring (bicyclic) bond motifs is 2. The average molecular weight is 365 g/mol. The maximum absolute atomic E-state index is 12.9. The van der Waals surface area contributed by atoms with E-state index in [1.165, 1.54) is 0 Å². The predicted molar refractivity (Wildman–Crippen MR) is 108 cm³/mol. The van der Waals surface area contributed by atoms with Crippen molar-refractivity contribution in [3.63, 3.8) is 0 Å². The Hall–Kier alpha value is -4.11. The normalized spacial score (nSPS) is 11.1. The van der Waals surface area contributed by atoms with E-state index in [2.05, 4.69) is 20.6 Å². The Bertz CT molecular complexity index is 1450. The van der Waals surface area contributed by atoms with Crippen LogP contribution in [0, 0.1) is 18.3 Å². The summed E-state index contributed by atoms with van der Waals surface area (Å²) in [5, 5.41) is 10.5. The fourth-order valence-electron chi connectivity index (χ4n) is 3.60. The Labute approximate surface area is 159 Å². The molecule has 0 unspecified atom stereocenters. The van der Waals surface area contributed by atoms with Crippen molar-refractivity contribution in [2.45, 2.75) is 6.92 Å². The average Bonchev–Trinajstić information content (AvgIpc) is 3.33. The molecule has 0 fully saturated rings. The molecule has 0 atom stereocenters. The molecule has 134 valence electrons. The highest BCUT2D eigenvalue weighted by Crippen LogP contribution is 2.25. The number of para-hydroxylation sites is 1. The van der Waals surface area contributed by atoms with Gasteiger partial charge in [-0.2, -0.15) is 5.26 Å². The van der Waals surface area contributed by atoms with E-state index in [1.807, 2.05) is 60.8 Å². The van der Waals surface area contributed by atoms with Crippen LogP contribution in [0.2, 0.25) is 0 Å². The van der Waals surface area contributed by atoms with Crippen molar-refractivity contribution in [1.29, 1.82) is 5.26 Å². The highest BCUT2D eigenvalue weighted by Gasteiger charge is 2.16. The van der Waals surface area contributed by atoms with E-state index < -0.39 is 0 Å². The minimum absolute atomic E-state index is 0.235. The van der Waals surface area contributed by atoms with Gasteiger partial charge in [0.15, 0.2) is 5.65 Å². The van der Waals surface area contributed by atoms with Gasteiger partial charge in [-0.3, -0.25) is 9.36 Å². The first kappa shape index (κ1) is 16.1. The number of aryl methyl sites for hydroxylation is 1. The van der Waals surface area contributed by atoms with Crippen LogP contribution in [-0.2, 0) is 0 Å². The molecule has 0 saturated heterocycles. The minimum Gasteiger partial charge on any atom is -0.343 e. The molecule has 6 nitrogen and oxygen atoms in total. The SMILES string of the molecule is Cc1nc2[nH]cc(C#N)c2n(-c2ccc3ccn(-c4ccccc4)c3c2)c1=O. The van der Waals surface area contributed by atoms with Crippen LogP contribution in [0.1, 0.15) is 11.3 Å². The molecule has 0 aliphatic heterocycles. The summed E-state index contributed by atoms with van der Waals surface area (Å²) in [4.78, 5) is 20.2. The second-order valence-electron chi connectivity index (χ2n) is 6.61. The van der Waals surface area contributed by atoms with Gasteiger partial charge in [0.25, 0.3) is 5.56 Å². The maximum atomic E-state index is 12.9. The van der Waals surface area contributed by atoms with Crippen molar-refractivity contribution in [1.82, 2.24) is 19.1 Å². The lowest BCUT2D eigenvalue weighted by Crippen LogP contribution is -2.22. The maximum Gasteiger partial charge on any atom is 0.277 e. The van der Waals surface area contributed by atoms with E-state index in [-0.39, 0.29) is 5.56 Å². The number of nitrogens with zero attached hydrogens (tertiary/aromatic N) is 4. The van der Waals surface area contributed by atoms with E-state index in [0.717, 1.165) is 16.6 Å².